The number of pyridine rings is 1. The van der Waals surface area contributed by atoms with Gasteiger partial charge in [0.15, 0.2) is 0 Å². The number of nitrogens with zero attached hydrogens (tertiary/aromatic N) is 1. The Balaban J connectivity index is 1.72. The summed E-state index contributed by atoms with van der Waals surface area (Å²) in [6, 6.07) is 11.6. The van der Waals surface area contributed by atoms with Crippen LogP contribution in [-0.2, 0) is 5.75 Å². The smallest absolute Gasteiger partial charge is 0.273 e. The molecule has 0 bridgehead atoms. The number of carbonyl (C=O) groups is 1. The van der Waals surface area contributed by atoms with E-state index < -0.39 is 0 Å². The van der Waals surface area contributed by atoms with Crippen LogP contribution >= 0.6 is 11.8 Å². The summed E-state index contributed by atoms with van der Waals surface area (Å²) in [5, 5.41) is 12.7. The molecule has 6 heteroatoms. The summed E-state index contributed by atoms with van der Waals surface area (Å²) >= 11 is 1.64. The van der Waals surface area contributed by atoms with Gasteiger partial charge in [0, 0.05) is 28.6 Å². The maximum atomic E-state index is 12.4. The predicted molar refractivity (Wildman–Crippen MR) is 98.5 cm³/mol. The normalized spacial score (nSPS) is 10.9. The molecule has 0 fully saturated rings. The first-order chi connectivity index (χ1) is 11.7. The molecule has 2 heterocycles. The molecule has 3 aromatic rings. The van der Waals surface area contributed by atoms with E-state index in [-0.39, 0.29) is 12.5 Å². The Labute approximate surface area is 144 Å². The summed E-state index contributed by atoms with van der Waals surface area (Å²) in [5.41, 5.74) is 3.66. The highest BCUT2D eigenvalue weighted by atomic mass is 32.2. The van der Waals surface area contributed by atoms with Gasteiger partial charge in [-0.3, -0.25) is 4.79 Å². The number of thioether (sulfide) groups is 1. The number of aliphatic hydroxyl groups is 1. The average Bonchev–Trinajstić information content (AvgIpc) is 2.99. The molecule has 0 radical (unpaired) electrons. The maximum absolute atomic E-state index is 12.4. The van der Waals surface area contributed by atoms with Crippen molar-refractivity contribution < 1.29 is 9.90 Å². The van der Waals surface area contributed by atoms with Crippen LogP contribution in [0.25, 0.3) is 10.9 Å². The Morgan fingerprint density at radius 2 is 2.17 bits per heavy atom. The third kappa shape index (κ3) is 3.96. The van der Waals surface area contributed by atoms with Gasteiger partial charge >= 0.3 is 0 Å². The number of carbonyl (C=O) groups excluding carboxylic acids is 1. The summed E-state index contributed by atoms with van der Waals surface area (Å²) in [6.07, 6.45) is 1.68. The van der Waals surface area contributed by atoms with E-state index in [4.69, 9.17) is 5.11 Å². The second-order valence-corrected chi connectivity index (χ2v) is 6.66. The topological polar surface area (TPSA) is 78.0 Å². The van der Waals surface area contributed by atoms with Crippen molar-refractivity contribution in [3.8, 4) is 0 Å². The number of aromatic nitrogens is 2. The molecule has 1 amide bonds. The van der Waals surface area contributed by atoms with Gasteiger partial charge in [-0.1, -0.05) is 12.1 Å². The van der Waals surface area contributed by atoms with Gasteiger partial charge in [0.25, 0.3) is 5.91 Å². The van der Waals surface area contributed by atoms with E-state index in [0.29, 0.717) is 17.3 Å². The fourth-order valence-corrected chi connectivity index (χ4v) is 3.12. The first-order valence-corrected chi connectivity index (χ1v) is 8.85. The molecule has 0 saturated heterocycles. The molecule has 3 rings (SSSR count). The van der Waals surface area contributed by atoms with Crippen LogP contribution in [0.15, 0.2) is 42.6 Å². The third-order valence-electron chi connectivity index (χ3n) is 3.59. The molecule has 0 aliphatic rings. The predicted octanol–water partition coefficient (Wildman–Crippen LogP) is 3.35. The summed E-state index contributed by atoms with van der Waals surface area (Å²) in [5.74, 6) is 1.78. The first kappa shape index (κ1) is 16.5. The monoisotopic (exact) mass is 341 g/mol. The van der Waals surface area contributed by atoms with E-state index in [0.717, 1.165) is 27.8 Å². The summed E-state index contributed by atoms with van der Waals surface area (Å²) in [6.45, 7) is 2.18. The lowest BCUT2D eigenvalue weighted by Crippen LogP contribution is -2.13. The van der Waals surface area contributed by atoms with Gasteiger partial charge in [0.2, 0.25) is 0 Å². The van der Waals surface area contributed by atoms with Crippen LogP contribution in [0.3, 0.4) is 0 Å². The van der Waals surface area contributed by atoms with Gasteiger partial charge in [-0.15, -0.1) is 0 Å². The van der Waals surface area contributed by atoms with Gasteiger partial charge in [-0.05, 0) is 42.3 Å². The number of aliphatic hydroxyl groups excluding tert-OH is 1. The van der Waals surface area contributed by atoms with E-state index in [1.165, 1.54) is 0 Å². The molecule has 0 aliphatic carbocycles. The molecule has 0 atom stereocenters. The van der Waals surface area contributed by atoms with Crippen LogP contribution < -0.4 is 5.32 Å². The molecular weight excluding hydrogens is 322 g/mol. The number of hydrogen-bond acceptors (Lipinski definition) is 4. The number of rotatable bonds is 6. The van der Waals surface area contributed by atoms with E-state index in [2.05, 4.69) is 15.3 Å². The van der Waals surface area contributed by atoms with Gasteiger partial charge in [-0.25, -0.2) is 4.98 Å². The molecule has 24 heavy (non-hydrogen) atoms. The fraction of sp³-hybridized carbons (Fsp3) is 0.222. The molecule has 0 aliphatic heterocycles. The lowest BCUT2D eigenvalue weighted by molar-refractivity contribution is 0.102. The number of aryl methyl sites for hydroxylation is 1. The van der Waals surface area contributed by atoms with Crippen LogP contribution in [0.4, 0.5) is 5.82 Å². The maximum Gasteiger partial charge on any atom is 0.273 e. The summed E-state index contributed by atoms with van der Waals surface area (Å²) < 4.78 is 0. The van der Waals surface area contributed by atoms with Gasteiger partial charge in [-0.2, -0.15) is 11.8 Å². The van der Waals surface area contributed by atoms with Crippen molar-refractivity contribution in [3.05, 3.63) is 59.4 Å². The van der Waals surface area contributed by atoms with E-state index in [1.807, 2.05) is 43.3 Å². The number of nitrogens with one attached hydrogen (secondary N) is 2. The Morgan fingerprint density at radius 1 is 1.29 bits per heavy atom. The van der Waals surface area contributed by atoms with Gasteiger partial charge in [0.05, 0.1) is 6.61 Å². The Kier molecular flexibility index (Phi) is 5.17. The SMILES string of the molecule is Cc1ccc2cc(C(=O)Nc3cc(CSCCO)ccn3)[nH]c2c1. The van der Waals surface area contributed by atoms with Crippen molar-refractivity contribution in [2.24, 2.45) is 0 Å². The molecule has 1 aromatic carbocycles. The highest BCUT2D eigenvalue weighted by Gasteiger charge is 2.11. The Bertz CT molecular complexity index is 860. The Morgan fingerprint density at radius 3 is 3.00 bits per heavy atom. The molecule has 3 N–H and O–H groups in total. The standard InChI is InChI=1S/C18H19N3O2S/c1-12-2-3-14-10-16(20-15(14)8-12)18(23)21-17-9-13(4-5-19-17)11-24-7-6-22/h2-5,8-10,20,22H,6-7,11H2,1H3,(H,19,21,23). The summed E-state index contributed by atoms with van der Waals surface area (Å²) in [7, 11) is 0. The van der Waals surface area contributed by atoms with Gasteiger partial charge in [0.1, 0.15) is 11.5 Å². The van der Waals surface area contributed by atoms with Crippen molar-refractivity contribution in [3.63, 3.8) is 0 Å². The second-order valence-electron chi connectivity index (χ2n) is 5.55. The van der Waals surface area contributed by atoms with Crippen molar-refractivity contribution >= 4 is 34.4 Å². The highest BCUT2D eigenvalue weighted by molar-refractivity contribution is 7.98. The zero-order chi connectivity index (χ0) is 16.9. The van der Waals surface area contributed by atoms with Crippen LogP contribution in [0.5, 0.6) is 0 Å². The molecule has 0 unspecified atom stereocenters. The number of H-pyrrole nitrogens is 1. The van der Waals surface area contributed by atoms with E-state index in [9.17, 15) is 4.79 Å². The minimum atomic E-state index is -0.212. The third-order valence-corrected chi connectivity index (χ3v) is 4.60. The zero-order valence-corrected chi connectivity index (χ0v) is 14.2. The largest absolute Gasteiger partial charge is 0.396 e. The van der Waals surface area contributed by atoms with Crippen LogP contribution in [0, 0.1) is 6.92 Å². The first-order valence-electron chi connectivity index (χ1n) is 7.70. The van der Waals surface area contributed by atoms with Crippen LogP contribution in [0.1, 0.15) is 21.6 Å². The fourth-order valence-electron chi connectivity index (χ4n) is 2.43. The Hall–Kier alpha value is -2.31. The molecule has 5 nitrogen and oxygen atoms in total. The van der Waals surface area contributed by atoms with Crippen molar-refractivity contribution in [2.45, 2.75) is 12.7 Å². The van der Waals surface area contributed by atoms with Crippen LogP contribution in [0.2, 0.25) is 0 Å². The number of hydrogen-bond donors (Lipinski definition) is 3. The highest BCUT2D eigenvalue weighted by Crippen LogP contribution is 2.18. The molecule has 2 aromatic heterocycles. The molecule has 0 saturated carbocycles. The van der Waals surface area contributed by atoms with E-state index >= 15 is 0 Å². The minimum Gasteiger partial charge on any atom is -0.396 e. The van der Waals surface area contributed by atoms with Crippen LogP contribution in [-0.4, -0.2) is 33.3 Å². The summed E-state index contributed by atoms with van der Waals surface area (Å²) in [4.78, 5) is 19.8. The van der Waals surface area contributed by atoms with E-state index in [1.54, 1.807) is 18.0 Å². The number of aromatic amines is 1. The number of fused-ring (bicyclic) bond motifs is 1. The molecule has 0 spiro atoms. The lowest BCUT2D eigenvalue weighted by atomic mass is 10.2. The van der Waals surface area contributed by atoms with Gasteiger partial charge < -0.3 is 15.4 Å². The molecule has 124 valence electrons. The minimum absolute atomic E-state index is 0.166. The number of benzene rings is 1. The lowest BCUT2D eigenvalue weighted by Gasteiger charge is -2.05. The average molecular weight is 341 g/mol. The second kappa shape index (κ2) is 7.51. The van der Waals surface area contributed by atoms with Crippen molar-refractivity contribution in [2.75, 3.05) is 17.7 Å². The quantitative estimate of drug-likeness (QED) is 0.601. The molecular formula is C18H19N3O2S. The number of amides is 1. The van der Waals surface area contributed by atoms with Crippen molar-refractivity contribution in [1.82, 2.24) is 9.97 Å². The zero-order valence-electron chi connectivity index (χ0n) is 13.4. The van der Waals surface area contributed by atoms with Crippen molar-refractivity contribution in [1.29, 1.82) is 0 Å². The number of anilines is 1.